The normalized spacial score (nSPS) is 11.2. The summed E-state index contributed by atoms with van der Waals surface area (Å²) in [6, 6.07) is 15.0. The molecule has 0 heterocycles. The lowest BCUT2D eigenvalue weighted by Crippen LogP contribution is -2.22. The molecule has 0 aromatic heterocycles. The molecule has 0 fully saturated rings. The molecule has 128 valence electrons. The summed E-state index contributed by atoms with van der Waals surface area (Å²) in [6.45, 7) is 9.37. The summed E-state index contributed by atoms with van der Waals surface area (Å²) >= 11 is 0. The molecule has 0 unspecified atom stereocenters. The molecule has 2 rings (SSSR count). The molecule has 0 saturated heterocycles. The van der Waals surface area contributed by atoms with Crippen LogP contribution in [0.5, 0.6) is 11.5 Å². The first-order valence-corrected chi connectivity index (χ1v) is 8.85. The average Bonchev–Trinajstić information content (AvgIpc) is 2.51. The molecule has 0 aliphatic carbocycles. The highest BCUT2D eigenvalue weighted by Crippen LogP contribution is 2.43. The zero-order valence-corrected chi connectivity index (χ0v) is 15.6. The van der Waals surface area contributed by atoms with Crippen molar-refractivity contribution in [1.82, 2.24) is 0 Å². The first-order valence-electron chi connectivity index (χ1n) is 7.76. The molecule has 0 N–H and O–H groups in total. The first-order chi connectivity index (χ1) is 11.2. The third-order valence-electron chi connectivity index (χ3n) is 3.17. The fraction of sp³-hybridized carbons (Fsp3) is 0.316. The lowest BCUT2D eigenvalue weighted by molar-refractivity contribution is -0.143. The van der Waals surface area contributed by atoms with Crippen LogP contribution in [0.4, 0.5) is 0 Å². The van der Waals surface area contributed by atoms with Crippen LogP contribution in [-0.2, 0) is 9.32 Å². The number of carbonyl (C=O) groups excluding carboxylic acids is 1. The largest absolute Gasteiger partial charge is 0.532 e. The molecule has 0 atom stereocenters. The van der Waals surface area contributed by atoms with Gasteiger partial charge in [-0.1, -0.05) is 35.4 Å². The van der Waals surface area contributed by atoms with Gasteiger partial charge in [-0.25, -0.2) is 0 Å². The van der Waals surface area contributed by atoms with Gasteiger partial charge in [-0.15, -0.1) is 0 Å². The second kappa shape index (κ2) is 7.67. The molecule has 0 saturated carbocycles. The average molecular weight is 346 g/mol. The zero-order chi connectivity index (χ0) is 17.7. The van der Waals surface area contributed by atoms with Crippen LogP contribution < -0.4 is 9.05 Å². The molecule has 0 aliphatic rings. The van der Waals surface area contributed by atoms with E-state index in [2.05, 4.69) is 0 Å². The molecule has 0 aliphatic heterocycles. The number of hydrogen-bond acceptors (Lipinski definition) is 4. The smallest absolute Gasteiger partial charge is 0.408 e. The highest BCUT2D eigenvalue weighted by atomic mass is 31.2. The minimum absolute atomic E-state index is 0.368. The monoisotopic (exact) mass is 346 g/mol. The van der Waals surface area contributed by atoms with Crippen molar-refractivity contribution in [3.8, 4) is 11.5 Å². The first kappa shape index (κ1) is 18.3. The van der Waals surface area contributed by atoms with Crippen molar-refractivity contribution in [3.05, 3.63) is 59.7 Å². The number of benzene rings is 2. The summed E-state index contributed by atoms with van der Waals surface area (Å²) in [5, 5.41) is 0. The molecule has 0 bridgehead atoms. The van der Waals surface area contributed by atoms with Gasteiger partial charge in [0.25, 0.3) is 0 Å². The molecular weight excluding hydrogens is 323 g/mol. The maximum atomic E-state index is 12.2. The molecule has 0 amide bonds. The Morgan fingerprint density at radius 3 is 1.50 bits per heavy atom. The highest BCUT2D eigenvalue weighted by molar-refractivity contribution is 7.43. The highest BCUT2D eigenvalue weighted by Gasteiger charge is 2.30. The number of rotatable bonds is 5. The maximum absolute atomic E-state index is 12.2. The van der Waals surface area contributed by atoms with Gasteiger partial charge in [-0.2, -0.15) is 0 Å². The van der Waals surface area contributed by atoms with Crippen LogP contribution in [0.15, 0.2) is 48.5 Å². The molecule has 2 aromatic carbocycles. The Bertz CT molecular complexity index is 625. The zero-order valence-electron chi connectivity index (χ0n) is 14.7. The fourth-order valence-corrected chi connectivity index (χ4v) is 2.74. The minimum atomic E-state index is -1.89. The van der Waals surface area contributed by atoms with Crippen molar-refractivity contribution in [1.29, 1.82) is 0 Å². The van der Waals surface area contributed by atoms with Gasteiger partial charge in [0.1, 0.15) is 11.5 Å². The van der Waals surface area contributed by atoms with Gasteiger partial charge < -0.3 is 13.6 Å². The third kappa shape index (κ3) is 5.54. The SMILES string of the molecule is Cc1ccc(OP(OC(=O)C(C)(C)C)Oc2ccc(C)cc2)cc1. The van der Waals surface area contributed by atoms with Gasteiger partial charge in [0.05, 0.1) is 5.41 Å². The topological polar surface area (TPSA) is 44.8 Å². The molecule has 4 nitrogen and oxygen atoms in total. The van der Waals surface area contributed by atoms with Crippen molar-refractivity contribution >= 4 is 14.6 Å². The molecule has 5 heteroatoms. The molecule has 0 radical (unpaired) electrons. The summed E-state index contributed by atoms with van der Waals surface area (Å²) in [5.74, 6) is 0.828. The van der Waals surface area contributed by atoms with Crippen LogP contribution in [0, 0.1) is 19.3 Å². The second-order valence-electron chi connectivity index (χ2n) is 6.66. The number of carbonyl (C=O) groups is 1. The van der Waals surface area contributed by atoms with Gasteiger partial charge in [0.15, 0.2) is 0 Å². The quantitative estimate of drug-likeness (QED) is 0.663. The molecule has 0 spiro atoms. The Hall–Kier alpha value is -2.06. The lowest BCUT2D eigenvalue weighted by Gasteiger charge is -2.21. The van der Waals surface area contributed by atoms with E-state index in [1.54, 1.807) is 20.8 Å². The number of aryl methyl sites for hydroxylation is 2. The Balaban J connectivity index is 2.15. The predicted octanol–water partition coefficient (Wildman–Crippen LogP) is 5.58. The molecule has 2 aromatic rings. The minimum Gasteiger partial charge on any atom is -0.408 e. The Morgan fingerprint density at radius 2 is 1.17 bits per heavy atom. The summed E-state index contributed by atoms with van der Waals surface area (Å²) < 4.78 is 17.0. The fourth-order valence-electron chi connectivity index (χ4n) is 1.63. The Morgan fingerprint density at radius 1 is 0.792 bits per heavy atom. The van der Waals surface area contributed by atoms with E-state index in [0.717, 1.165) is 11.1 Å². The van der Waals surface area contributed by atoms with Gasteiger partial charge in [0, 0.05) is 0 Å². The van der Waals surface area contributed by atoms with Crippen molar-refractivity contribution in [2.75, 3.05) is 0 Å². The van der Waals surface area contributed by atoms with Crippen molar-refractivity contribution in [2.24, 2.45) is 5.41 Å². The van der Waals surface area contributed by atoms with Crippen LogP contribution in [-0.4, -0.2) is 5.97 Å². The summed E-state index contributed by atoms with van der Waals surface area (Å²) in [5.41, 5.74) is 1.61. The van der Waals surface area contributed by atoms with Crippen LogP contribution >= 0.6 is 8.60 Å². The van der Waals surface area contributed by atoms with Gasteiger partial charge in [-0.05, 0) is 58.9 Å². The third-order valence-corrected chi connectivity index (χ3v) is 4.21. The van der Waals surface area contributed by atoms with Crippen molar-refractivity contribution in [3.63, 3.8) is 0 Å². The Kier molecular flexibility index (Phi) is 5.84. The predicted molar refractivity (Wildman–Crippen MR) is 96.1 cm³/mol. The standard InChI is InChI=1S/C19H23O4P/c1-14-6-10-16(11-7-14)21-24(23-18(20)19(3,4)5)22-17-12-8-15(2)9-13-17/h6-13H,1-5H3. The maximum Gasteiger partial charge on any atom is 0.532 e. The van der Waals surface area contributed by atoms with E-state index < -0.39 is 14.0 Å². The summed E-state index contributed by atoms with van der Waals surface area (Å²) in [6.07, 6.45) is 0. The number of hydrogen-bond donors (Lipinski definition) is 0. The Labute approximate surface area is 144 Å². The van der Waals surface area contributed by atoms with E-state index >= 15 is 0 Å². The van der Waals surface area contributed by atoms with Gasteiger partial charge in [-0.3, -0.25) is 4.79 Å². The van der Waals surface area contributed by atoms with E-state index in [1.807, 2.05) is 62.4 Å². The summed E-state index contributed by atoms with van der Waals surface area (Å²) in [4.78, 5) is 12.2. The second-order valence-corrected chi connectivity index (χ2v) is 7.66. The van der Waals surface area contributed by atoms with E-state index in [1.165, 1.54) is 0 Å². The van der Waals surface area contributed by atoms with Crippen LogP contribution in [0.1, 0.15) is 31.9 Å². The van der Waals surface area contributed by atoms with E-state index in [-0.39, 0.29) is 5.97 Å². The van der Waals surface area contributed by atoms with E-state index in [0.29, 0.717) is 11.5 Å². The van der Waals surface area contributed by atoms with E-state index in [4.69, 9.17) is 13.6 Å². The van der Waals surface area contributed by atoms with Crippen LogP contribution in [0.25, 0.3) is 0 Å². The van der Waals surface area contributed by atoms with Crippen LogP contribution in [0.2, 0.25) is 0 Å². The van der Waals surface area contributed by atoms with Gasteiger partial charge >= 0.3 is 14.6 Å². The summed E-state index contributed by atoms with van der Waals surface area (Å²) in [7, 11) is -1.89. The van der Waals surface area contributed by atoms with Crippen molar-refractivity contribution in [2.45, 2.75) is 34.6 Å². The van der Waals surface area contributed by atoms with Gasteiger partial charge in [0.2, 0.25) is 0 Å². The van der Waals surface area contributed by atoms with E-state index in [9.17, 15) is 4.79 Å². The molecular formula is C19H23O4P. The molecule has 24 heavy (non-hydrogen) atoms. The van der Waals surface area contributed by atoms with Crippen molar-refractivity contribution < 1.29 is 18.4 Å². The van der Waals surface area contributed by atoms with Crippen LogP contribution in [0.3, 0.4) is 0 Å². The lowest BCUT2D eigenvalue weighted by atomic mass is 9.98.